The summed E-state index contributed by atoms with van der Waals surface area (Å²) in [4.78, 5) is 19.2. The highest BCUT2D eigenvalue weighted by atomic mass is 35.5. The highest BCUT2D eigenvalue weighted by molar-refractivity contribution is 6.30. The molecule has 1 aliphatic rings. The first-order chi connectivity index (χ1) is 15.1. The first-order valence-corrected chi connectivity index (χ1v) is 10.4. The zero-order valence-corrected chi connectivity index (χ0v) is 18.1. The first kappa shape index (κ1) is 21.1. The van der Waals surface area contributed by atoms with Crippen molar-refractivity contribution in [2.75, 3.05) is 20.3 Å². The summed E-state index contributed by atoms with van der Waals surface area (Å²) in [7, 11) is 1.64. The molecule has 0 fully saturated rings. The van der Waals surface area contributed by atoms with E-state index >= 15 is 0 Å². The van der Waals surface area contributed by atoms with Crippen molar-refractivity contribution in [2.45, 2.75) is 19.4 Å². The lowest BCUT2D eigenvalue weighted by Gasteiger charge is -2.35. The number of ether oxygens (including phenoxy) is 1. The largest absolute Gasteiger partial charge is 0.385 e. The van der Waals surface area contributed by atoms with Crippen molar-refractivity contribution in [1.82, 2.24) is 20.4 Å². The number of urea groups is 1. The van der Waals surface area contributed by atoms with E-state index in [9.17, 15) is 4.79 Å². The van der Waals surface area contributed by atoms with Crippen molar-refractivity contribution >= 4 is 23.2 Å². The lowest BCUT2D eigenvalue weighted by atomic mass is 9.94. The number of amides is 2. The van der Waals surface area contributed by atoms with E-state index in [-0.39, 0.29) is 6.03 Å². The summed E-state index contributed by atoms with van der Waals surface area (Å²) >= 11 is 6.22. The van der Waals surface area contributed by atoms with E-state index < -0.39 is 6.04 Å². The maximum absolute atomic E-state index is 12.9. The Kier molecular flexibility index (Phi) is 6.34. The molecule has 1 atom stereocenters. The van der Waals surface area contributed by atoms with Gasteiger partial charge in [-0.15, -0.1) is 0 Å². The molecule has 1 N–H and O–H groups in total. The number of halogens is 1. The van der Waals surface area contributed by atoms with Crippen LogP contribution in [0.3, 0.4) is 0 Å². The minimum Gasteiger partial charge on any atom is -0.385 e. The molecule has 2 amide bonds. The van der Waals surface area contributed by atoms with Gasteiger partial charge in [0.15, 0.2) is 0 Å². The summed E-state index contributed by atoms with van der Waals surface area (Å²) in [6, 6.07) is 16.3. The second-order valence-corrected chi connectivity index (χ2v) is 7.66. The topological polar surface area (TPSA) is 80.5 Å². The van der Waals surface area contributed by atoms with Crippen LogP contribution >= 0.6 is 11.6 Å². The highest BCUT2D eigenvalue weighted by Gasteiger charge is 2.35. The number of methoxy groups -OCH3 is 1. The van der Waals surface area contributed by atoms with Crippen molar-refractivity contribution in [2.24, 2.45) is 0 Å². The van der Waals surface area contributed by atoms with E-state index in [0.717, 1.165) is 22.4 Å². The van der Waals surface area contributed by atoms with Gasteiger partial charge in [0.2, 0.25) is 5.82 Å². The summed E-state index contributed by atoms with van der Waals surface area (Å²) < 4.78 is 10.8. The molecule has 7 nitrogen and oxygen atoms in total. The van der Waals surface area contributed by atoms with Gasteiger partial charge in [-0.1, -0.05) is 59.2 Å². The second kappa shape index (κ2) is 9.32. The van der Waals surface area contributed by atoms with Crippen molar-refractivity contribution in [1.29, 1.82) is 0 Å². The van der Waals surface area contributed by atoms with Crippen LogP contribution in [-0.4, -0.2) is 41.3 Å². The third-order valence-corrected chi connectivity index (χ3v) is 5.43. The Labute approximate surface area is 185 Å². The van der Waals surface area contributed by atoms with Crippen LogP contribution in [0.5, 0.6) is 0 Å². The normalized spacial score (nSPS) is 16.5. The molecule has 4 rings (SSSR count). The zero-order chi connectivity index (χ0) is 21.8. The maximum atomic E-state index is 12.9. The van der Waals surface area contributed by atoms with Gasteiger partial charge < -0.3 is 14.6 Å². The van der Waals surface area contributed by atoms with E-state index in [0.29, 0.717) is 36.3 Å². The van der Waals surface area contributed by atoms with Gasteiger partial charge in [0, 0.05) is 36.5 Å². The average molecular weight is 439 g/mol. The van der Waals surface area contributed by atoms with Gasteiger partial charge in [-0.3, -0.25) is 4.90 Å². The monoisotopic (exact) mass is 438 g/mol. The minimum absolute atomic E-state index is 0.190. The molecule has 0 saturated carbocycles. The number of hydrogen-bond acceptors (Lipinski definition) is 5. The number of nitrogens with one attached hydrogen (secondary N) is 1. The molecular weight excluding hydrogens is 416 g/mol. The van der Waals surface area contributed by atoms with Crippen molar-refractivity contribution in [3.8, 4) is 11.4 Å². The van der Waals surface area contributed by atoms with E-state index in [2.05, 4.69) is 15.5 Å². The van der Waals surface area contributed by atoms with Crippen LogP contribution in [0.15, 0.2) is 64.8 Å². The Morgan fingerprint density at radius 3 is 2.74 bits per heavy atom. The molecule has 31 heavy (non-hydrogen) atoms. The molecule has 0 aliphatic carbocycles. The summed E-state index contributed by atoms with van der Waals surface area (Å²) in [6.07, 6.45) is 0.704. The van der Waals surface area contributed by atoms with E-state index in [4.69, 9.17) is 20.9 Å². The van der Waals surface area contributed by atoms with Crippen LogP contribution in [0, 0.1) is 0 Å². The number of hydrogen-bond donors (Lipinski definition) is 1. The molecule has 2 aromatic carbocycles. The van der Waals surface area contributed by atoms with Gasteiger partial charge in [-0.25, -0.2) is 4.79 Å². The molecule has 1 unspecified atom stereocenters. The molecule has 0 bridgehead atoms. The number of aromatic nitrogens is 2. The van der Waals surface area contributed by atoms with Crippen LogP contribution in [-0.2, 0) is 4.74 Å². The minimum atomic E-state index is -0.464. The van der Waals surface area contributed by atoms with E-state index in [1.54, 1.807) is 18.1 Å². The summed E-state index contributed by atoms with van der Waals surface area (Å²) in [5.41, 5.74) is 3.19. The van der Waals surface area contributed by atoms with Crippen LogP contribution in [0.1, 0.15) is 30.8 Å². The number of carbonyl (C=O) groups is 1. The standard InChI is InChI=1S/C23H23ClN4O3/c1-15-19(22-26-21(27-31-22)16-8-4-3-5-9-16)20(17-10-6-11-18(24)14-17)25-23(29)28(15)12-7-13-30-2/h3-6,8-11,14,20H,7,12-13H2,1-2H3,(H,25,29). The molecule has 0 radical (unpaired) electrons. The Hall–Kier alpha value is -3.16. The van der Waals surface area contributed by atoms with Gasteiger partial charge in [-0.2, -0.15) is 4.98 Å². The molecule has 1 aliphatic heterocycles. The lowest BCUT2D eigenvalue weighted by molar-refractivity contribution is 0.174. The van der Waals surface area contributed by atoms with Gasteiger partial charge >= 0.3 is 6.03 Å². The predicted molar refractivity (Wildman–Crippen MR) is 118 cm³/mol. The number of carbonyl (C=O) groups excluding carboxylic acids is 1. The SMILES string of the molecule is COCCCN1C(=O)NC(c2cccc(Cl)c2)C(c2nc(-c3ccccc3)no2)=C1C. The van der Waals surface area contributed by atoms with Crippen molar-refractivity contribution in [3.05, 3.63) is 76.8 Å². The second-order valence-electron chi connectivity index (χ2n) is 7.22. The van der Waals surface area contributed by atoms with Gasteiger partial charge in [-0.05, 0) is 31.0 Å². The lowest BCUT2D eigenvalue weighted by Crippen LogP contribution is -2.46. The molecule has 0 saturated heterocycles. The fourth-order valence-corrected chi connectivity index (χ4v) is 3.87. The Balaban J connectivity index is 1.78. The fourth-order valence-electron chi connectivity index (χ4n) is 3.67. The third-order valence-electron chi connectivity index (χ3n) is 5.20. The third kappa shape index (κ3) is 4.47. The number of rotatable bonds is 7. The Bertz CT molecular complexity index is 1100. The Morgan fingerprint density at radius 2 is 2.00 bits per heavy atom. The van der Waals surface area contributed by atoms with Crippen LogP contribution < -0.4 is 5.32 Å². The quantitative estimate of drug-likeness (QED) is 0.529. The molecule has 0 spiro atoms. The molecule has 160 valence electrons. The van der Waals surface area contributed by atoms with E-state index in [1.807, 2.05) is 55.5 Å². The Morgan fingerprint density at radius 1 is 1.19 bits per heavy atom. The fraction of sp³-hybridized carbons (Fsp3) is 0.261. The molecular formula is C23H23ClN4O3. The highest BCUT2D eigenvalue weighted by Crippen LogP contribution is 2.37. The zero-order valence-electron chi connectivity index (χ0n) is 17.3. The predicted octanol–water partition coefficient (Wildman–Crippen LogP) is 4.92. The van der Waals surface area contributed by atoms with Gasteiger partial charge in [0.1, 0.15) is 0 Å². The number of allylic oxidation sites excluding steroid dienone is 1. The van der Waals surface area contributed by atoms with Crippen LogP contribution in [0.25, 0.3) is 17.0 Å². The molecule has 8 heteroatoms. The van der Waals surface area contributed by atoms with Crippen LogP contribution in [0.2, 0.25) is 5.02 Å². The van der Waals surface area contributed by atoms with E-state index in [1.165, 1.54) is 0 Å². The van der Waals surface area contributed by atoms with Gasteiger partial charge in [0.25, 0.3) is 5.89 Å². The molecule has 1 aromatic heterocycles. The maximum Gasteiger partial charge on any atom is 0.322 e. The number of benzene rings is 2. The summed E-state index contributed by atoms with van der Waals surface area (Å²) in [5, 5.41) is 7.82. The average Bonchev–Trinajstić information content (AvgIpc) is 3.26. The molecule has 2 heterocycles. The first-order valence-electron chi connectivity index (χ1n) is 10.0. The van der Waals surface area contributed by atoms with Crippen LogP contribution in [0.4, 0.5) is 4.79 Å². The number of nitrogens with zero attached hydrogens (tertiary/aromatic N) is 3. The van der Waals surface area contributed by atoms with Gasteiger partial charge in [0.05, 0.1) is 11.6 Å². The van der Waals surface area contributed by atoms with Crippen molar-refractivity contribution in [3.63, 3.8) is 0 Å². The molecule has 3 aromatic rings. The van der Waals surface area contributed by atoms with Crippen molar-refractivity contribution < 1.29 is 14.1 Å². The summed E-state index contributed by atoms with van der Waals surface area (Å²) in [5.74, 6) is 0.849. The smallest absolute Gasteiger partial charge is 0.322 e. The summed E-state index contributed by atoms with van der Waals surface area (Å²) in [6.45, 7) is 2.96.